The average molecular weight is 438 g/mol. The Labute approximate surface area is 194 Å². The molecule has 0 aliphatic heterocycles. The Hall–Kier alpha value is -3.83. The number of carbonyl (C=O) groups excluding carboxylic acids is 1. The molecule has 1 atom stereocenters. The van der Waals surface area contributed by atoms with Gasteiger partial charge in [-0.15, -0.1) is 0 Å². The molecule has 0 bridgehead atoms. The molecule has 0 spiro atoms. The number of aliphatic hydroxyl groups excluding tert-OH is 1. The maximum absolute atomic E-state index is 13.0. The van der Waals surface area contributed by atoms with E-state index in [0.29, 0.717) is 29.8 Å². The number of rotatable bonds is 7. The maximum atomic E-state index is 13.0. The van der Waals surface area contributed by atoms with Gasteiger partial charge in [0.1, 0.15) is 6.10 Å². The molecular formula is C28H27N3O2. The van der Waals surface area contributed by atoms with E-state index in [1.165, 1.54) is 0 Å². The van der Waals surface area contributed by atoms with E-state index in [1.807, 2.05) is 74.6 Å². The van der Waals surface area contributed by atoms with Crippen LogP contribution in [-0.2, 0) is 6.42 Å². The van der Waals surface area contributed by atoms with Gasteiger partial charge < -0.3 is 10.4 Å². The van der Waals surface area contributed by atoms with Gasteiger partial charge in [-0.25, -0.2) is 0 Å². The molecule has 0 aliphatic carbocycles. The predicted molar refractivity (Wildman–Crippen MR) is 130 cm³/mol. The fraction of sp³-hybridized carbons (Fsp3) is 0.179. The van der Waals surface area contributed by atoms with Crippen molar-refractivity contribution in [3.05, 3.63) is 119 Å². The second kappa shape index (κ2) is 10.2. The van der Waals surface area contributed by atoms with Gasteiger partial charge in [-0.3, -0.25) is 14.8 Å². The van der Waals surface area contributed by atoms with Crippen LogP contribution in [0.1, 0.15) is 44.5 Å². The number of aliphatic hydroxyl groups is 1. The van der Waals surface area contributed by atoms with Gasteiger partial charge >= 0.3 is 0 Å². The molecule has 1 amide bonds. The Morgan fingerprint density at radius 2 is 1.76 bits per heavy atom. The van der Waals surface area contributed by atoms with Crippen LogP contribution in [0.15, 0.2) is 85.2 Å². The van der Waals surface area contributed by atoms with Gasteiger partial charge in [-0.2, -0.15) is 0 Å². The van der Waals surface area contributed by atoms with Gasteiger partial charge in [-0.1, -0.05) is 42.0 Å². The molecule has 0 saturated carbocycles. The molecule has 0 aliphatic rings. The number of benzene rings is 2. The van der Waals surface area contributed by atoms with Crippen LogP contribution in [0.25, 0.3) is 11.1 Å². The second-order valence-electron chi connectivity index (χ2n) is 8.18. The number of aryl methyl sites for hydroxylation is 2. The van der Waals surface area contributed by atoms with Crippen molar-refractivity contribution >= 4 is 5.91 Å². The Morgan fingerprint density at radius 1 is 0.939 bits per heavy atom. The van der Waals surface area contributed by atoms with Crippen molar-refractivity contribution in [1.29, 1.82) is 0 Å². The Balaban J connectivity index is 1.60. The number of pyridine rings is 2. The van der Waals surface area contributed by atoms with Gasteiger partial charge in [-0.05, 0) is 78.9 Å². The van der Waals surface area contributed by atoms with Crippen molar-refractivity contribution in [1.82, 2.24) is 15.3 Å². The monoisotopic (exact) mass is 437 g/mol. The number of hydrogen-bond donors (Lipinski definition) is 2. The zero-order valence-corrected chi connectivity index (χ0v) is 18.8. The molecule has 4 rings (SSSR count). The highest BCUT2D eigenvalue weighted by molar-refractivity contribution is 5.95. The summed E-state index contributed by atoms with van der Waals surface area (Å²) in [5.74, 6) is -0.182. The summed E-state index contributed by atoms with van der Waals surface area (Å²) in [7, 11) is 0. The topological polar surface area (TPSA) is 75.1 Å². The Kier molecular flexibility index (Phi) is 6.91. The normalized spacial score (nSPS) is 11.7. The zero-order valence-electron chi connectivity index (χ0n) is 18.8. The van der Waals surface area contributed by atoms with E-state index in [-0.39, 0.29) is 5.91 Å². The molecule has 0 saturated heterocycles. The summed E-state index contributed by atoms with van der Waals surface area (Å²) in [5.41, 5.74) is 6.71. The second-order valence-corrected chi connectivity index (χ2v) is 8.18. The SMILES string of the molecule is Cc1ccc(-c2cc(C(=O)NCCc3ccc(C)nc3)cc(C(O)c3ccccn3)c2)cc1. The van der Waals surface area contributed by atoms with E-state index in [2.05, 4.69) is 15.3 Å². The van der Waals surface area contributed by atoms with Crippen LogP contribution < -0.4 is 5.32 Å². The van der Waals surface area contributed by atoms with Crippen LogP contribution >= 0.6 is 0 Å². The number of hydrogen-bond acceptors (Lipinski definition) is 4. The van der Waals surface area contributed by atoms with Crippen LogP contribution in [0.4, 0.5) is 0 Å². The van der Waals surface area contributed by atoms with Crippen LogP contribution in [0.2, 0.25) is 0 Å². The summed E-state index contributed by atoms with van der Waals surface area (Å²) in [5, 5.41) is 14.0. The van der Waals surface area contributed by atoms with Crippen LogP contribution in [0.5, 0.6) is 0 Å². The molecule has 2 N–H and O–H groups in total. The number of amides is 1. The summed E-state index contributed by atoms with van der Waals surface area (Å²) in [6.45, 7) is 4.48. The largest absolute Gasteiger partial charge is 0.382 e. The first-order valence-electron chi connectivity index (χ1n) is 11.0. The molecule has 5 nitrogen and oxygen atoms in total. The molecule has 2 heterocycles. The van der Waals surface area contributed by atoms with E-state index in [0.717, 1.165) is 27.9 Å². The van der Waals surface area contributed by atoms with Crippen molar-refractivity contribution in [2.45, 2.75) is 26.4 Å². The summed E-state index contributed by atoms with van der Waals surface area (Å²) < 4.78 is 0. The highest BCUT2D eigenvalue weighted by atomic mass is 16.3. The summed E-state index contributed by atoms with van der Waals surface area (Å²) >= 11 is 0. The Morgan fingerprint density at radius 3 is 2.45 bits per heavy atom. The fourth-order valence-corrected chi connectivity index (χ4v) is 3.63. The third kappa shape index (κ3) is 5.70. The molecule has 166 valence electrons. The first kappa shape index (κ1) is 22.4. The number of aromatic nitrogens is 2. The summed E-state index contributed by atoms with van der Waals surface area (Å²) in [4.78, 5) is 21.6. The highest BCUT2D eigenvalue weighted by Gasteiger charge is 2.17. The quantitative estimate of drug-likeness (QED) is 0.435. The zero-order chi connectivity index (χ0) is 23.2. The van der Waals surface area contributed by atoms with Crippen molar-refractivity contribution in [2.75, 3.05) is 6.54 Å². The van der Waals surface area contributed by atoms with E-state index >= 15 is 0 Å². The third-order valence-corrected chi connectivity index (χ3v) is 5.56. The average Bonchev–Trinajstić information content (AvgIpc) is 2.85. The summed E-state index contributed by atoms with van der Waals surface area (Å²) in [6, 6.07) is 23.0. The van der Waals surface area contributed by atoms with Crippen LogP contribution in [-0.4, -0.2) is 27.5 Å². The van der Waals surface area contributed by atoms with Gasteiger partial charge in [0.25, 0.3) is 5.91 Å². The molecule has 33 heavy (non-hydrogen) atoms. The minimum atomic E-state index is -0.929. The molecule has 2 aromatic heterocycles. The fourth-order valence-electron chi connectivity index (χ4n) is 3.63. The molecule has 0 fully saturated rings. The molecule has 1 unspecified atom stereocenters. The summed E-state index contributed by atoms with van der Waals surface area (Å²) in [6.07, 6.45) is 3.25. The van der Waals surface area contributed by atoms with Crippen molar-refractivity contribution < 1.29 is 9.90 Å². The highest BCUT2D eigenvalue weighted by Crippen LogP contribution is 2.28. The Bertz CT molecular complexity index is 1220. The van der Waals surface area contributed by atoms with Gasteiger partial charge in [0.15, 0.2) is 0 Å². The third-order valence-electron chi connectivity index (χ3n) is 5.56. The van der Waals surface area contributed by atoms with E-state index in [4.69, 9.17) is 0 Å². The van der Waals surface area contributed by atoms with Gasteiger partial charge in [0, 0.05) is 30.2 Å². The predicted octanol–water partition coefficient (Wildman–Crippen LogP) is 4.81. The minimum absolute atomic E-state index is 0.182. The van der Waals surface area contributed by atoms with Crippen LogP contribution in [0, 0.1) is 13.8 Å². The lowest BCUT2D eigenvalue weighted by Gasteiger charge is -2.15. The van der Waals surface area contributed by atoms with Crippen molar-refractivity contribution in [3.8, 4) is 11.1 Å². The lowest BCUT2D eigenvalue weighted by atomic mass is 9.95. The lowest BCUT2D eigenvalue weighted by Crippen LogP contribution is -2.26. The first-order chi connectivity index (χ1) is 16.0. The maximum Gasteiger partial charge on any atom is 0.251 e. The minimum Gasteiger partial charge on any atom is -0.382 e. The number of nitrogens with zero attached hydrogens (tertiary/aromatic N) is 2. The molecular weight excluding hydrogens is 410 g/mol. The standard InChI is InChI=1S/C28H27N3O2/c1-19-6-10-22(11-7-19)23-15-24(27(32)26-5-3-4-13-29-26)17-25(16-23)28(33)30-14-12-21-9-8-20(2)31-18-21/h3-11,13,15-18,27,32H,12,14H2,1-2H3,(H,30,33). The molecule has 2 aromatic carbocycles. The van der Waals surface area contributed by atoms with E-state index < -0.39 is 6.10 Å². The number of nitrogens with one attached hydrogen (secondary N) is 1. The van der Waals surface area contributed by atoms with Gasteiger partial charge in [0.05, 0.1) is 5.69 Å². The molecule has 0 radical (unpaired) electrons. The first-order valence-corrected chi connectivity index (χ1v) is 11.0. The van der Waals surface area contributed by atoms with Crippen molar-refractivity contribution in [3.63, 3.8) is 0 Å². The van der Waals surface area contributed by atoms with Gasteiger partial charge in [0.2, 0.25) is 0 Å². The van der Waals surface area contributed by atoms with Crippen LogP contribution in [0.3, 0.4) is 0 Å². The molecule has 4 aromatic rings. The lowest BCUT2D eigenvalue weighted by molar-refractivity contribution is 0.0954. The smallest absolute Gasteiger partial charge is 0.251 e. The van der Waals surface area contributed by atoms with E-state index in [9.17, 15) is 9.90 Å². The van der Waals surface area contributed by atoms with Crippen molar-refractivity contribution in [2.24, 2.45) is 0 Å². The molecule has 5 heteroatoms. The van der Waals surface area contributed by atoms with E-state index in [1.54, 1.807) is 24.4 Å². The number of carbonyl (C=O) groups is 1.